The fourth-order valence-electron chi connectivity index (χ4n) is 6.10. The molecule has 1 aliphatic carbocycles. The maximum atomic E-state index is 12.6. The molecule has 12 nitrogen and oxygen atoms in total. The first kappa shape index (κ1) is 51.3. The number of nitrogens with two attached hydrogens (primary N) is 1. The number of phosphoric acid groups is 1. The van der Waals surface area contributed by atoms with Crippen LogP contribution in [0.1, 0.15) is 136 Å². The second-order valence-corrected chi connectivity index (χ2v) is 15.7. The summed E-state index contributed by atoms with van der Waals surface area (Å²) in [6, 6.07) is 0. The zero-order valence-corrected chi connectivity index (χ0v) is 35.0. The van der Waals surface area contributed by atoms with Gasteiger partial charge in [-0.25, -0.2) is 4.57 Å². The molecule has 0 bridgehead atoms. The van der Waals surface area contributed by atoms with Gasteiger partial charge < -0.3 is 30.3 Å². The summed E-state index contributed by atoms with van der Waals surface area (Å²) in [6.45, 7) is 3.16. The predicted octanol–water partition coefficient (Wildman–Crippen LogP) is 8.30. The Morgan fingerprint density at radius 2 is 1.50 bits per heavy atom. The van der Waals surface area contributed by atoms with Crippen molar-refractivity contribution in [3.63, 3.8) is 0 Å². The molecule has 6 atom stereocenters. The largest absolute Gasteiger partial charge is 0.472 e. The Morgan fingerprint density at radius 3 is 2.23 bits per heavy atom. The van der Waals surface area contributed by atoms with Crippen LogP contribution in [0, 0.1) is 11.8 Å². The summed E-state index contributed by atoms with van der Waals surface area (Å²) in [5.41, 5.74) is 5.33. The number of allylic oxidation sites excluding steroid dienone is 8. The summed E-state index contributed by atoms with van der Waals surface area (Å²) in [5.74, 6) is -1.77. The van der Waals surface area contributed by atoms with Crippen molar-refractivity contribution >= 4 is 25.5 Å². The number of Topliss-reactive ketones (excluding diaryl/α,β-unsaturated/α-hetero) is 1. The van der Waals surface area contributed by atoms with Crippen LogP contribution < -0.4 is 5.73 Å². The minimum atomic E-state index is -4.45. The highest BCUT2D eigenvalue weighted by molar-refractivity contribution is 7.47. The Bertz CT molecular complexity index is 1260. The van der Waals surface area contributed by atoms with Gasteiger partial charge in [-0.1, -0.05) is 113 Å². The van der Waals surface area contributed by atoms with Crippen LogP contribution in [0.25, 0.3) is 0 Å². The Morgan fingerprint density at radius 1 is 0.839 bits per heavy atom. The van der Waals surface area contributed by atoms with E-state index in [0.29, 0.717) is 32.1 Å². The number of hydrogen-bond acceptors (Lipinski definition) is 11. The van der Waals surface area contributed by atoms with Gasteiger partial charge in [-0.2, -0.15) is 0 Å². The number of ketones is 1. The summed E-state index contributed by atoms with van der Waals surface area (Å²) < 4.78 is 32.7. The number of carbonyl (C=O) groups excluding carboxylic acids is 3. The van der Waals surface area contributed by atoms with Crippen molar-refractivity contribution in [1.82, 2.24) is 0 Å². The maximum Gasteiger partial charge on any atom is 0.472 e. The molecule has 0 radical (unpaired) electrons. The minimum Gasteiger partial charge on any atom is -0.462 e. The molecule has 0 spiro atoms. The number of esters is 2. The fourth-order valence-corrected chi connectivity index (χ4v) is 6.86. The van der Waals surface area contributed by atoms with Crippen molar-refractivity contribution in [2.45, 2.75) is 154 Å². The van der Waals surface area contributed by atoms with Gasteiger partial charge in [0.1, 0.15) is 12.4 Å². The van der Waals surface area contributed by atoms with Gasteiger partial charge >= 0.3 is 19.8 Å². The maximum absolute atomic E-state index is 12.6. The number of aliphatic hydroxyl groups excluding tert-OH is 2. The van der Waals surface area contributed by atoms with E-state index < -0.39 is 44.7 Å². The fraction of sp³-hybridized carbons (Fsp3) is 0.698. The summed E-state index contributed by atoms with van der Waals surface area (Å²) >= 11 is 0. The summed E-state index contributed by atoms with van der Waals surface area (Å²) in [6.07, 6.45) is 31.9. The molecule has 1 aliphatic rings. The molecule has 0 aromatic heterocycles. The number of carbonyl (C=O) groups is 3. The number of rotatable bonds is 34. The Hall–Kier alpha value is -2.70. The van der Waals surface area contributed by atoms with Crippen LogP contribution in [0.3, 0.4) is 0 Å². The molecule has 1 fully saturated rings. The highest BCUT2D eigenvalue weighted by Gasteiger charge is 2.39. The quantitative estimate of drug-likeness (QED) is 0.0211. The van der Waals surface area contributed by atoms with Crippen molar-refractivity contribution in [3.05, 3.63) is 60.8 Å². The minimum absolute atomic E-state index is 0.00624. The summed E-state index contributed by atoms with van der Waals surface area (Å²) in [4.78, 5) is 47.5. The average molecular weight is 810 g/mol. The highest BCUT2D eigenvalue weighted by Crippen LogP contribution is 2.43. The molecule has 1 unspecified atom stereocenters. The van der Waals surface area contributed by atoms with Crippen molar-refractivity contribution < 1.29 is 52.6 Å². The van der Waals surface area contributed by atoms with E-state index in [-0.39, 0.29) is 56.6 Å². The lowest BCUT2D eigenvalue weighted by Crippen LogP contribution is -2.29. The zero-order chi connectivity index (χ0) is 41.3. The predicted molar refractivity (Wildman–Crippen MR) is 220 cm³/mol. The van der Waals surface area contributed by atoms with Gasteiger partial charge in [0.2, 0.25) is 0 Å². The Kier molecular flexibility index (Phi) is 30.5. The molecule has 5 N–H and O–H groups in total. The van der Waals surface area contributed by atoms with Crippen LogP contribution in [-0.4, -0.2) is 77.5 Å². The van der Waals surface area contributed by atoms with Crippen LogP contribution in [0.4, 0.5) is 0 Å². The lowest BCUT2D eigenvalue weighted by Gasteiger charge is -2.19. The number of phosphoric ester groups is 1. The lowest BCUT2D eigenvalue weighted by molar-refractivity contribution is -0.161. The number of hydrogen-bond donors (Lipinski definition) is 4. The molecule has 0 heterocycles. The first-order valence-corrected chi connectivity index (χ1v) is 22.4. The van der Waals surface area contributed by atoms with Crippen LogP contribution in [0.15, 0.2) is 60.8 Å². The van der Waals surface area contributed by atoms with Crippen LogP contribution in [0.5, 0.6) is 0 Å². The molecule has 0 amide bonds. The second kappa shape index (κ2) is 33.3. The standard InChI is InChI=1S/C43H72NO11P/c1-3-5-7-8-9-10-11-12-13-14-15-16-17-18-24-28-43(49)55-37(35-54-56(50,51)53-32-31-44)34-52-42(48)27-23-20-19-22-26-38-39(41(47)33-40(38)46)30-29-36(45)25-21-6-4-2/h5,7,9-10,12-13,19,22,29-30,36-39,41,45,47H,3-4,6,8,11,14-18,20-21,23-28,31-35,44H2,1-2H3,(H,50,51)/b7-5-,10-9-,13-12-,22-19-,30-29+/t36-,37+,38+,39+,41+/m0/s1. The van der Waals surface area contributed by atoms with Gasteiger partial charge in [-0.15, -0.1) is 0 Å². The number of aliphatic hydroxyl groups is 2. The summed E-state index contributed by atoms with van der Waals surface area (Å²) in [7, 11) is -4.45. The first-order valence-electron chi connectivity index (χ1n) is 20.9. The van der Waals surface area contributed by atoms with Gasteiger partial charge in [0.15, 0.2) is 6.10 Å². The van der Waals surface area contributed by atoms with Crippen LogP contribution >= 0.6 is 7.82 Å². The van der Waals surface area contributed by atoms with E-state index in [1.54, 1.807) is 12.2 Å². The van der Waals surface area contributed by atoms with Crippen molar-refractivity contribution in [2.24, 2.45) is 17.6 Å². The molecule has 0 saturated heterocycles. The molecule has 0 aromatic carbocycles. The summed E-state index contributed by atoms with van der Waals surface area (Å²) in [5, 5.41) is 20.6. The van der Waals surface area contributed by atoms with E-state index in [2.05, 4.69) is 50.3 Å². The number of unbranched alkanes of at least 4 members (excludes halogenated alkanes) is 8. The number of ether oxygens (including phenoxy) is 2. The molecule has 13 heteroatoms. The van der Waals surface area contributed by atoms with E-state index in [1.807, 2.05) is 12.2 Å². The monoisotopic (exact) mass is 809 g/mol. The molecule has 1 saturated carbocycles. The van der Waals surface area contributed by atoms with E-state index >= 15 is 0 Å². The van der Waals surface area contributed by atoms with Crippen molar-refractivity contribution in [3.8, 4) is 0 Å². The first-order chi connectivity index (χ1) is 27.0. The van der Waals surface area contributed by atoms with Crippen molar-refractivity contribution in [2.75, 3.05) is 26.4 Å². The molecule has 0 aliphatic heterocycles. The highest BCUT2D eigenvalue weighted by atomic mass is 31.2. The van der Waals surface area contributed by atoms with Gasteiger partial charge in [0, 0.05) is 37.6 Å². The van der Waals surface area contributed by atoms with E-state index in [0.717, 1.165) is 70.6 Å². The zero-order valence-electron chi connectivity index (χ0n) is 34.1. The Balaban J connectivity index is 2.44. The topological polar surface area (TPSA) is 192 Å². The SMILES string of the molecule is CC/C=C\C/C=C\C/C=C\CCCCCCCC(=O)O[C@H](COC(=O)CCC/C=C\C[C@H]1C(=O)C[C@@H](O)[C@@H]1/C=C/[C@@H](O)CCCCC)COP(=O)(O)OCCN. The third-order valence-electron chi connectivity index (χ3n) is 9.26. The molecule has 0 aromatic rings. The normalized spacial score (nSPS) is 19.9. The van der Waals surface area contributed by atoms with Gasteiger partial charge in [0.25, 0.3) is 0 Å². The van der Waals surface area contributed by atoms with Gasteiger partial charge in [-0.05, 0) is 64.2 Å². The molecule has 1 rings (SSSR count). The average Bonchev–Trinajstić information content (AvgIpc) is 3.44. The smallest absolute Gasteiger partial charge is 0.462 e. The van der Waals surface area contributed by atoms with Gasteiger partial charge in [0.05, 0.1) is 25.4 Å². The third kappa shape index (κ3) is 27.0. The molecular weight excluding hydrogens is 737 g/mol. The lowest BCUT2D eigenvalue weighted by atomic mass is 9.90. The Labute approximate surface area is 336 Å². The van der Waals surface area contributed by atoms with E-state index in [4.69, 9.17) is 24.3 Å². The second-order valence-electron chi connectivity index (χ2n) is 14.3. The van der Waals surface area contributed by atoms with Crippen LogP contribution in [-0.2, 0) is 37.5 Å². The van der Waals surface area contributed by atoms with E-state index in [1.165, 1.54) is 0 Å². The van der Waals surface area contributed by atoms with Crippen LogP contribution in [0.2, 0.25) is 0 Å². The van der Waals surface area contributed by atoms with Gasteiger partial charge in [-0.3, -0.25) is 23.4 Å². The molecule has 56 heavy (non-hydrogen) atoms. The van der Waals surface area contributed by atoms with E-state index in [9.17, 15) is 34.1 Å². The van der Waals surface area contributed by atoms with Crippen molar-refractivity contribution in [1.29, 1.82) is 0 Å². The third-order valence-corrected chi connectivity index (χ3v) is 10.2. The molecule has 320 valence electrons. The molecular formula is C43H72NO11P.